The maximum Gasteiger partial charge on any atom is 0.319 e. The molecule has 1 rings (SSSR count). The van der Waals surface area contributed by atoms with Crippen LogP contribution in [-0.4, -0.2) is 30.3 Å². The maximum absolute atomic E-state index is 11.9. The number of ether oxygens (including phenoxy) is 1. The number of aliphatic carboxylic acids is 1. The van der Waals surface area contributed by atoms with Crippen molar-refractivity contribution in [3.8, 4) is 5.75 Å². The Balaban J connectivity index is 2.69. The number of anilines is 1. The highest BCUT2D eigenvalue weighted by molar-refractivity contribution is 6.33. The summed E-state index contributed by atoms with van der Waals surface area (Å²) in [6.45, 7) is 1.92. The number of urea groups is 1. The van der Waals surface area contributed by atoms with Gasteiger partial charge in [-0.25, -0.2) is 4.79 Å². The van der Waals surface area contributed by atoms with Crippen molar-refractivity contribution >= 4 is 29.3 Å². The van der Waals surface area contributed by atoms with Crippen molar-refractivity contribution in [3.63, 3.8) is 0 Å². The zero-order valence-corrected chi connectivity index (χ0v) is 12.7. The Bertz CT molecular complexity index is 508. The number of carbonyl (C=O) groups excluding carboxylic acids is 1. The summed E-state index contributed by atoms with van der Waals surface area (Å²) in [5.41, 5.74) is 0.402. The average molecular weight is 315 g/mol. The summed E-state index contributed by atoms with van der Waals surface area (Å²) in [6, 6.07) is 3.96. The molecule has 3 N–H and O–H groups in total. The summed E-state index contributed by atoms with van der Waals surface area (Å²) in [4.78, 5) is 22.7. The largest absolute Gasteiger partial charge is 0.497 e. The first kappa shape index (κ1) is 17.1. The van der Waals surface area contributed by atoms with Gasteiger partial charge in [-0.1, -0.05) is 24.9 Å². The van der Waals surface area contributed by atoms with Crippen molar-refractivity contribution in [1.29, 1.82) is 0 Å². The predicted octanol–water partition coefficient (Wildman–Crippen LogP) is 3.11. The number of carboxylic acid groups (broad SMARTS) is 1. The molecule has 0 saturated carbocycles. The maximum atomic E-state index is 11.9. The first-order chi connectivity index (χ1) is 9.96. The van der Waals surface area contributed by atoms with Gasteiger partial charge in [0.05, 0.1) is 24.2 Å². The second-order valence-corrected chi connectivity index (χ2v) is 4.93. The van der Waals surface area contributed by atoms with Crippen LogP contribution in [0, 0.1) is 0 Å². The van der Waals surface area contributed by atoms with E-state index in [2.05, 4.69) is 10.6 Å². The molecule has 0 spiro atoms. The SMILES string of the molecule is CCCC(CC(=O)O)NC(=O)Nc1cc(OC)ccc1Cl. The summed E-state index contributed by atoms with van der Waals surface area (Å²) >= 11 is 5.99. The molecular weight excluding hydrogens is 296 g/mol. The van der Waals surface area contributed by atoms with Gasteiger partial charge in [0, 0.05) is 12.1 Å². The zero-order chi connectivity index (χ0) is 15.8. The molecule has 0 aliphatic rings. The number of benzene rings is 1. The van der Waals surface area contributed by atoms with Crippen molar-refractivity contribution in [1.82, 2.24) is 5.32 Å². The Labute approximate surface area is 128 Å². The molecule has 1 atom stereocenters. The molecule has 0 aliphatic carbocycles. The molecule has 1 unspecified atom stereocenters. The quantitative estimate of drug-likeness (QED) is 0.721. The Kier molecular flexibility index (Phi) is 6.81. The van der Waals surface area contributed by atoms with Crippen LogP contribution in [0.4, 0.5) is 10.5 Å². The Morgan fingerprint density at radius 1 is 1.43 bits per heavy atom. The van der Waals surface area contributed by atoms with Crippen LogP contribution in [0.25, 0.3) is 0 Å². The highest BCUT2D eigenvalue weighted by Gasteiger charge is 2.16. The number of amides is 2. The lowest BCUT2D eigenvalue weighted by atomic mass is 10.1. The van der Waals surface area contributed by atoms with Gasteiger partial charge in [0.2, 0.25) is 0 Å². The van der Waals surface area contributed by atoms with Crippen LogP contribution in [0.5, 0.6) is 5.75 Å². The van der Waals surface area contributed by atoms with Crippen molar-refractivity contribution in [2.45, 2.75) is 32.2 Å². The van der Waals surface area contributed by atoms with Crippen LogP contribution in [0.1, 0.15) is 26.2 Å². The average Bonchev–Trinajstić information content (AvgIpc) is 2.40. The molecule has 0 aliphatic heterocycles. The fraction of sp³-hybridized carbons (Fsp3) is 0.429. The third-order valence-electron chi connectivity index (χ3n) is 2.82. The number of nitrogens with one attached hydrogen (secondary N) is 2. The van der Waals surface area contributed by atoms with E-state index in [1.165, 1.54) is 7.11 Å². The van der Waals surface area contributed by atoms with Crippen LogP contribution < -0.4 is 15.4 Å². The van der Waals surface area contributed by atoms with E-state index in [9.17, 15) is 9.59 Å². The molecule has 0 fully saturated rings. The lowest BCUT2D eigenvalue weighted by Crippen LogP contribution is -2.39. The second kappa shape index (κ2) is 8.36. The molecule has 116 valence electrons. The molecule has 1 aromatic carbocycles. The third kappa shape index (κ3) is 5.91. The molecule has 6 nitrogen and oxygen atoms in total. The standard InChI is InChI=1S/C14H19ClN2O4/c1-3-4-9(7-13(18)19)16-14(20)17-12-8-10(21-2)5-6-11(12)15/h5-6,8-9H,3-4,7H2,1-2H3,(H,18,19)(H2,16,17,20). The molecule has 7 heteroatoms. The van der Waals surface area contributed by atoms with Crippen molar-refractivity contribution < 1.29 is 19.4 Å². The van der Waals surface area contributed by atoms with E-state index in [1.807, 2.05) is 6.92 Å². The van der Waals surface area contributed by atoms with Crippen LogP contribution >= 0.6 is 11.6 Å². The first-order valence-electron chi connectivity index (χ1n) is 6.59. The number of rotatable bonds is 7. The molecule has 2 amide bonds. The zero-order valence-electron chi connectivity index (χ0n) is 12.0. The van der Waals surface area contributed by atoms with Crippen LogP contribution in [0.3, 0.4) is 0 Å². The Morgan fingerprint density at radius 3 is 2.71 bits per heavy atom. The summed E-state index contributed by atoms with van der Waals surface area (Å²) in [5.74, 6) is -0.390. The van der Waals surface area contributed by atoms with Crippen molar-refractivity contribution in [2.75, 3.05) is 12.4 Å². The number of halogens is 1. The first-order valence-corrected chi connectivity index (χ1v) is 6.97. The van der Waals surface area contributed by atoms with Gasteiger partial charge in [0.1, 0.15) is 5.75 Å². The lowest BCUT2D eigenvalue weighted by Gasteiger charge is -2.17. The molecule has 0 bridgehead atoms. The molecule has 1 aromatic rings. The summed E-state index contributed by atoms with van der Waals surface area (Å²) < 4.78 is 5.06. The number of methoxy groups -OCH3 is 1. The van der Waals surface area contributed by atoms with Gasteiger partial charge in [-0.05, 0) is 18.6 Å². The van der Waals surface area contributed by atoms with E-state index in [0.717, 1.165) is 6.42 Å². The van der Waals surface area contributed by atoms with Gasteiger partial charge < -0.3 is 20.5 Å². The summed E-state index contributed by atoms with van der Waals surface area (Å²) in [5, 5.41) is 14.4. The molecule has 21 heavy (non-hydrogen) atoms. The normalized spacial score (nSPS) is 11.6. The van der Waals surface area contributed by atoms with Crippen LogP contribution in [0.15, 0.2) is 18.2 Å². The van der Waals surface area contributed by atoms with Gasteiger partial charge in [-0.15, -0.1) is 0 Å². The van der Waals surface area contributed by atoms with Crippen molar-refractivity contribution in [2.24, 2.45) is 0 Å². The molecule has 0 aromatic heterocycles. The molecule has 0 radical (unpaired) electrons. The van der Waals surface area contributed by atoms with Gasteiger partial charge >= 0.3 is 12.0 Å². The van der Waals surface area contributed by atoms with Crippen molar-refractivity contribution in [3.05, 3.63) is 23.2 Å². The topological polar surface area (TPSA) is 87.7 Å². The minimum Gasteiger partial charge on any atom is -0.497 e. The van der Waals surface area contributed by atoms with E-state index < -0.39 is 18.0 Å². The van der Waals surface area contributed by atoms with Gasteiger partial charge in [-0.2, -0.15) is 0 Å². The lowest BCUT2D eigenvalue weighted by molar-refractivity contribution is -0.137. The number of carboxylic acids is 1. The summed E-state index contributed by atoms with van der Waals surface area (Å²) in [7, 11) is 1.51. The third-order valence-corrected chi connectivity index (χ3v) is 3.14. The molecule has 0 saturated heterocycles. The van der Waals surface area contributed by atoms with Crippen LogP contribution in [0.2, 0.25) is 5.02 Å². The van der Waals surface area contributed by atoms with E-state index in [4.69, 9.17) is 21.4 Å². The van der Waals surface area contributed by atoms with Gasteiger partial charge in [0.25, 0.3) is 0 Å². The summed E-state index contributed by atoms with van der Waals surface area (Å²) in [6.07, 6.45) is 1.25. The molecular formula is C14H19ClN2O4. The second-order valence-electron chi connectivity index (χ2n) is 4.53. The van der Waals surface area contributed by atoms with E-state index in [0.29, 0.717) is 22.9 Å². The smallest absolute Gasteiger partial charge is 0.319 e. The number of hydrogen-bond donors (Lipinski definition) is 3. The fourth-order valence-electron chi connectivity index (χ4n) is 1.86. The van der Waals surface area contributed by atoms with E-state index in [1.54, 1.807) is 18.2 Å². The number of carbonyl (C=O) groups is 2. The predicted molar refractivity (Wildman–Crippen MR) is 81.1 cm³/mol. The van der Waals surface area contributed by atoms with E-state index >= 15 is 0 Å². The number of hydrogen-bond acceptors (Lipinski definition) is 3. The van der Waals surface area contributed by atoms with Crippen LogP contribution in [-0.2, 0) is 4.79 Å². The van der Waals surface area contributed by atoms with Gasteiger partial charge in [0.15, 0.2) is 0 Å². The fourth-order valence-corrected chi connectivity index (χ4v) is 2.02. The Morgan fingerprint density at radius 2 is 2.14 bits per heavy atom. The minimum atomic E-state index is -0.951. The minimum absolute atomic E-state index is 0.118. The van der Waals surface area contributed by atoms with E-state index in [-0.39, 0.29) is 6.42 Å². The highest BCUT2D eigenvalue weighted by atomic mass is 35.5. The molecule has 0 heterocycles. The highest BCUT2D eigenvalue weighted by Crippen LogP contribution is 2.26. The Hall–Kier alpha value is -1.95. The monoisotopic (exact) mass is 314 g/mol. The van der Waals surface area contributed by atoms with Gasteiger partial charge in [-0.3, -0.25) is 4.79 Å².